The summed E-state index contributed by atoms with van der Waals surface area (Å²) in [5, 5.41) is 18.5. The molecule has 6 nitrogen and oxygen atoms in total. The van der Waals surface area contributed by atoms with Gasteiger partial charge in [0.25, 0.3) is 0 Å². The van der Waals surface area contributed by atoms with Gasteiger partial charge in [0, 0.05) is 5.92 Å². The smallest absolute Gasteiger partial charge is 0.335 e. The number of fused-ring (bicyclic) bond motifs is 5. The molecule has 4 aliphatic carbocycles. The first-order chi connectivity index (χ1) is 22.2. The first-order valence-corrected chi connectivity index (χ1v) is 18.5. The molecule has 4 aliphatic rings. The lowest BCUT2D eigenvalue weighted by molar-refractivity contribution is -0.144. The summed E-state index contributed by atoms with van der Waals surface area (Å²) in [5.41, 5.74) is 2.40. The zero-order valence-electron chi connectivity index (χ0n) is 30.3. The second-order valence-corrected chi connectivity index (χ2v) is 16.6. The van der Waals surface area contributed by atoms with Crippen molar-refractivity contribution >= 4 is 11.9 Å². The molecule has 0 bridgehead atoms. The van der Waals surface area contributed by atoms with Gasteiger partial charge < -0.3 is 19.7 Å². The molecule has 3 saturated carbocycles. The monoisotopic (exact) mass is 652 g/mol. The number of carbonyl (C=O) groups excluding carboxylic acids is 2. The van der Waals surface area contributed by atoms with E-state index in [9.17, 15) is 19.8 Å². The molecule has 0 saturated heterocycles. The van der Waals surface area contributed by atoms with Crippen LogP contribution in [0, 0.1) is 64.1 Å². The van der Waals surface area contributed by atoms with E-state index in [1.54, 1.807) is 5.57 Å². The van der Waals surface area contributed by atoms with E-state index >= 15 is 0 Å². The molecule has 3 fully saturated rings. The number of hydrogen-bond donors (Lipinski definition) is 2. The summed E-state index contributed by atoms with van der Waals surface area (Å²) in [5.74, 6) is 4.23. The molecule has 0 aliphatic heterocycles. The third-order valence-corrected chi connectivity index (χ3v) is 13.5. The number of aliphatic hydroxyl groups is 2. The Bertz CT molecular complexity index is 1170. The van der Waals surface area contributed by atoms with Crippen LogP contribution in [0.1, 0.15) is 106 Å². The molecule has 0 aromatic carbocycles. The second-order valence-electron chi connectivity index (χ2n) is 16.6. The van der Waals surface area contributed by atoms with Crippen molar-refractivity contribution in [1.29, 1.82) is 0 Å². The summed E-state index contributed by atoms with van der Waals surface area (Å²) in [7, 11) is 0. The molecule has 0 heterocycles. The van der Waals surface area contributed by atoms with Crippen LogP contribution in [-0.4, -0.2) is 48.6 Å². The molecular weight excluding hydrogens is 588 g/mol. The van der Waals surface area contributed by atoms with Gasteiger partial charge in [-0.3, -0.25) is 0 Å². The maximum absolute atomic E-state index is 12.2. The first kappa shape index (κ1) is 37.6. The van der Waals surface area contributed by atoms with Crippen molar-refractivity contribution in [2.45, 2.75) is 106 Å². The normalized spacial score (nSPS) is 33.1. The predicted molar refractivity (Wildman–Crippen MR) is 188 cm³/mol. The van der Waals surface area contributed by atoms with Gasteiger partial charge in [0.05, 0.1) is 37.6 Å². The van der Waals surface area contributed by atoms with Crippen molar-refractivity contribution in [3.05, 3.63) is 48.1 Å². The van der Waals surface area contributed by atoms with Crippen molar-refractivity contribution in [1.82, 2.24) is 0 Å². The zero-order chi connectivity index (χ0) is 34.5. The van der Waals surface area contributed by atoms with Crippen LogP contribution in [0.15, 0.2) is 48.1 Å². The molecule has 0 spiro atoms. The summed E-state index contributed by atoms with van der Waals surface area (Å²) in [6.45, 7) is 21.0. The fraction of sp³-hybridized carbons (Fsp3) is 0.756. The number of carbonyl (C=O) groups is 2. The van der Waals surface area contributed by atoms with Crippen LogP contribution in [0.25, 0.3) is 0 Å². The Morgan fingerprint density at radius 2 is 1.55 bits per heavy atom. The highest BCUT2D eigenvalue weighted by molar-refractivity contribution is 5.88. The van der Waals surface area contributed by atoms with Crippen molar-refractivity contribution in [2.24, 2.45) is 64.1 Å². The first-order valence-electron chi connectivity index (χ1n) is 18.5. The highest BCUT2D eigenvalue weighted by atomic mass is 16.5. The van der Waals surface area contributed by atoms with Gasteiger partial charge in [0.15, 0.2) is 0 Å². The van der Waals surface area contributed by atoms with E-state index in [4.69, 9.17) is 9.47 Å². The van der Waals surface area contributed by atoms with Gasteiger partial charge in [-0.1, -0.05) is 78.5 Å². The minimum absolute atomic E-state index is 0.00211. The summed E-state index contributed by atoms with van der Waals surface area (Å²) < 4.78 is 10.8. The Kier molecular flexibility index (Phi) is 12.8. The molecule has 0 radical (unpaired) electrons. The quantitative estimate of drug-likeness (QED) is 0.105. The number of ether oxygens (including phenoxy) is 2. The van der Waals surface area contributed by atoms with Crippen molar-refractivity contribution < 1.29 is 29.3 Å². The number of allylic oxidation sites excluding steroid dienone is 4. The van der Waals surface area contributed by atoms with E-state index in [1.165, 1.54) is 44.9 Å². The van der Waals surface area contributed by atoms with Crippen LogP contribution in [0.2, 0.25) is 0 Å². The molecule has 6 heteroatoms. The molecule has 9 atom stereocenters. The third kappa shape index (κ3) is 8.35. The highest BCUT2D eigenvalue weighted by Gasteiger charge is 2.59. The van der Waals surface area contributed by atoms with E-state index in [0.29, 0.717) is 29.1 Å². The standard InChI is InChI=1S/C41H64O6/c1-26(2)27(3)9-10-28(4)35-15-16-36-34-14-13-33-21-31(17-19-40(33,7)37(34)18-20-41(35,36)8)11-12-32(24-46-38(44)29(5)22-42)25-47-39(45)30(6)23-43/h9-10,13,26-28,31-32,34-37,42-43H,5-6,11-12,14-25H2,1-4,7-8H3/b10-9+/t27-,28+,31-,34-,35+,36-,37-,40-,41+/m0/s1. The predicted octanol–water partition coefficient (Wildman–Crippen LogP) is 8.25. The van der Waals surface area contributed by atoms with E-state index in [-0.39, 0.29) is 35.7 Å². The van der Waals surface area contributed by atoms with Gasteiger partial charge in [-0.15, -0.1) is 0 Å². The maximum Gasteiger partial charge on any atom is 0.335 e. The minimum atomic E-state index is -0.636. The van der Waals surface area contributed by atoms with Crippen LogP contribution in [0.3, 0.4) is 0 Å². The average molecular weight is 653 g/mol. The van der Waals surface area contributed by atoms with Gasteiger partial charge in [-0.05, 0) is 122 Å². The Morgan fingerprint density at radius 3 is 2.15 bits per heavy atom. The zero-order valence-corrected chi connectivity index (χ0v) is 30.3. The van der Waals surface area contributed by atoms with E-state index < -0.39 is 25.2 Å². The highest BCUT2D eigenvalue weighted by Crippen LogP contribution is 2.67. The van der Waals surface area contributed by atoms with E-state index in [0.717, 1.165) is 42.9 Å². The van der Waals surface area contributed by atoms with Gasteiger partial charge in [-0.2, -0.15) is 0 Å². The van der Waals surface area contributed by atoms with Crippen LogP contribution < -0.4 is 0 Å². The van der Waals surface area contributed by atoms with Gasteiger partial charge >= 0.3 is 11.9 Å². The summed E-state index contributed by atoms with van der Waals surface area (Å²) in [6.07, 6.45) is 19.6. The van der Waals surface area contributed by atoms with Crippen molar-refractivity contribution in [2.75, 3.05) is 26.4 Å². The SMILES string of the molecule is C=C(CO)C(=O)OCC(CC[C@H]1CC[C@@]2(C)C(=CC[C@H]3[C@@H]4CC[C@H]([C@H](C)/C=C/[C@H](C)C(C)C)[C@@]4(C)CC[C@@H]32)C1)COC(=O)C(=C)CO. The maximum atomic E-state index is 12.2. The van der Waals surface area contributed by atoms with Crippen LogP contribution in [0.4, 0.5) is 0 Å². The minimum Gasteiger partial charge on any atom is -0.462 e. The number of hydrogen-bond acceptors (Lipinski definition) is 6. The molecule has 47 heavy (non-hydrogen) atoms. The van der Waals surface area contributed by atoms with Crippen LogP contribution >= 0.6 is 0 Å². The molecule has 0 unspecified atom stereocenters. The summed E-state index contributed by atoms with van der Waals surface area (Å²) in [6, 6.07) is 0. The summed E-state index contributed by atoms with van der Waals surface area (Å²) in [4.78, 5) is 24.3. The molecule has 0 aromatic rings. The summed E-state index contributed by atoms with van der Waals surface area (Å²) >= 11 is 0. The van der Waals surface area contributed by atoms with E-state index in [2.05, 4.69) is 72.9 Å². The van der Waals surface area contributed by atoms with Crippen molar-refractivity contribution in [3.63, 3.8) is 0 Å². The Labute approximate surface area is 285 Å². The van der Waals surface area contributed by atoms with Gasteiger partial charge in [0.2, 0.25) is 0 Å². The Hall–Kier alpha value is -2.18. The van der Waals surface area contributed by atoms with Crippen LogP contribution in [-0.2, 0) is 19.1 Å². The molecule has 0 aromatic heterocycles. The number of aliphatic hydroxyl groups excluding tert-OH is 2. The molecule has 4 rings (SSSR count). The lowest BCUT2D eigenvalue weighted by atomic mass is 9.46. The molecule has 0 amide bonds. The second kappa shape index (κ2) is 16.0. The molecular formula is C41H64O6. The van der Waals surface area contributed by atoms with Crippen molar-refractivity contribution in [3.8, 4) is 0 Å². The fourth-order valence-electron chi connectivity index (χ4n) is 10.0. The van der Waals surface area contributed by atoms with Gasteiger partial charge in [-0.25, -0.2) is 9.59 Å². The molecule has 264 valence electrons. The topological polar surface area (TPSA) is 93.1 Å². The lowest BCUT2D eigenvalue weighted by Gasteiger charge is -2.58. The Balaban J connectivity index is 1.38. The average Bonchev–Trinajstić information content (AvgIpc) is 3.42. The number of rotatable bonds is 15. The molecule has 2 N–H and O–H groups in total. The van der Waals surface area contributed by atoms with Gasteiger partial charge in [0.1, 0.15) is 0 Å². The number of esters is 2. The van der Waals surface area contributed by atoms with Crippen LogP contribution in [0.5, 0.6) is 0 Å². The fourth-order valence-corrected chi connectivity index (χ4v) is 10.0. The third-order valence-electron chi connectivity index (χ3n) is 13.5. The lowest BCUT2D eigenvalue weighted by Crippen LogP contribution is -2.50. The Morgan fingerprint density at radius 1 is 0.915 bits per heavy atom. The largest absolute Gasteiger partial charge is 0.462 e. The van der Waals surface area contributed by atoms with E-state index in [1.807, 2.05) is 0 Å².